The summed E-state index contributed by atoms with van der Waals surface area (Å²) in [4.78, 5) is 31.9. The fourth-order valence-corrected chi connectivity index (χ4v) is 4.39. The van der Waals surface area contributed by atoms with Crippen LogP contribution in [0.2, 0.25) is 0 Å². The minimum atomic E-state index is -0.223. The van der Waals surface area contributed by atoms with Crippen LogP contribution in [0.15, 0.2) is 42.2 Å². The SMILES string of the molecule is N#CCN1CCC[C@@H](c2cccc(Nc3nc(C(=O)NCCc4cnccn4)cs3)n2)C1. The van der Waals surface area contributed by atoms with Crippen LogP contribution in [-0.4, -0.2) is 56.9 Å². The van der Waals surface area contributed by atoms with Gasteiger partial charge in [0.05, 0.1) is 18.3 Å². The third-order valence-corrected chi connectivity index (χ3v) is 6.00. The Labute approximate surface area is 190 Å². The number of aromatic nitrogens is 4. The zero-order valence-corrected chi connectivity index (χ0v) is 18.4. The molecule has 164 valence electrons. The quantitative estimate of drug-likeness (QED) is 0.505. The number of nitrogens with zero attached hydrogens (tertiary/aromatic N) is 6. The molecular weight excluding hydrogens is 424 g/mol. The molecule has 0 unspecified atom stereocenters. The Morgan fingerprint density at radius 1 is 1.31 bits per heavy atom. The van der Waals surface area contributed by atoms with Gasteiger partial charge in [-0.2, -0.15) is 5.26 Å². The molecule has 32 heavy (non-hydrogen) atoms. The maximum Gasteiger partial charge on any atom is 0.270 e. The number of likely N-dealkylation sites (tertiary alicyclic amines) is 1. The van der Waals surface area contributed by atoms with Crippen LogP contribution in [-0.2, 0) is 6.42 Å². The third-order valence-electron chi connectivity index (χ3n) is 5.24. The number of nitriles is 1. The van der Waals surface area contributed by atoms with E-state index in [1.807, 2.05) is 18.2 Å². The molecule has 0 aliphatic carbocycles. The third kappa shape index (κ3) is 5.84. The monoisotopic (exact) mass is 448 g/mol. The van der Waals surface area contributed by atoms with Crippen LogP contribution in [0.25, 0.3) is 0 Å². The second-order valence-electron chi connectivity index (χ2n) is 7.55. The summed E-state index contributed by atoms with van der Waals surface area (Å²) in [6, 6.07) is 8.13. The van der Waals surface area contributed by atoms with E-state index in [1.54, 1.807) is 24.0 Å². The Morgan fingerprint density at radius 3 is 3.09 bits per heavy atom. The van der Waals surface area contributed by atoms with Crippen LogP contribution in [0.1, 0.15) is 40.6 Å². The maximum absolute atomic E-state index is 12.4. The first-order valence-corrected chi connectivity index (χ1v) is 11.4. The molecule has 1 aliphatic rings. The first-order valence-electron chi connectivity index (χ1n) is 10.5. The number of carbonyl (C=O) groups excluding carboxylic acids is 1. The first kappa shape index (κ1) is 21.8. The zero-order valence-electron chi connectivity index (χ0n) is 17.6. The standard InChI is InChI=1S/C22H24N8OS/c23-7-12-30-11-2-3-16(14-30)18-4-1-5-20(27-18)29-22-28-19(15-32-22)21(31)26-8-6-17-13-24-9-10-25-17/h1,4-5,9-10,13,15-16H,2-3,6,8,11-12,14H2,(H,26,31)(H,27,28,29)/t16-/m1/s1. The van der Waals surface area contributed by atoms with E-state index in [2.05, 4.69) is 36.6 Å². The molecule has 4 rings (SSSR count). The van der Waals surface area contributed by atoms with Crippen LogP contribution < -0.4 is 10.6 Å². The molecule has 0 spiro atoms. The number of hydrogen-bond donors (Lipinski definition) is 2. The van der Waals surface area contributed by atoms with Gasteiger partial charge in [-0.05, 0) is 31.5 Å². The normalized spacial score (nSPS) is 16.3. The van der Waals surface area contributed by atoms with Gasteiger partial charge in [0.15, 0.2) is 5.13 Å². The highest BCUT2D eigenvalue weighted by Gasteiger charge is 2.22. The lowest BCUT2D eigenvalue weighted by molar-refractivity contribution is 0.0950. The molecule has 1 amide bonds. The van der Waals surface area contributed by atoms with Crippen molar-refractivity contribution >= 4 is 28.2 Å². The van der Waals surface area contributed by atoms with Crippen LogP contribution in [0.4, 0.5) is 10.9 Å². The number of rotatable bonds is 8. The zero-order chi connectivity index (χ0) is 22.2. The van der Waals surface area contributed by atoms with Crippen molar-refractivity contribution < 1.29 is 4.79 Å². The summed E-state index contributed by atoms with van der Waals surface area (Å²) in [5.74, 6) is 0.786. The van der Waals surface area contributed by atoms with E-state index in [1.165, 1.54) is 11.3 Å². The van der Waals surface area contributed by atoms with Gasteiger partial charge in [0, 0.05) is 55.1 Å². The molecule has 1 fully saturated rings. The molecule has 0 saturated carbocycles. The molecule has 1 aliphatic heterocycles. The average Bonchev–Trinajstić information content (AvgIpc) is 3.29. The van der Waals surface area contributed by atoms with E-state index in [0.717, 1.165) is 37.3 Å². The minimum absolute atomic E-state index is 0.223. The number of piperidine rings is 1. The molecule has 0 bridgehead atoms. The Balaban J connectivity index is 1.32. The maximum atomic E-state index is 12.4. The number of carbonyl (C=O) groups is 1. The Hall–Kier alpha value is -3.42. The molecule has 0 radical (unpaired) electrons. The summed E-state index contributed by atoms with van der Waals surface area (Å²) in [6.45, 7) is 2.73. The van der Waals surface area contributed by atoms with Gasteiger partial charge in [-0.3, -0.25) is 19.7 Å². The van der Waals surface area contributed by atoms with Gasteiger partial charge in [-0.15, -0.1) is 11.3 Å². The van der Waals surface area contributed by atoms with Crippen molar-refractivity contribution in [2.75, 3.05) is 31.5 Å². The Bertz CT molecular complexity index is 1080. The van der Waals surface area contributed by atoms with Crippen LogP contribution in [0, 0.1) is 11.3 Å². The van der Waals surface area contributed by atoms with E-state index in [0.29, 0.717) is 42.1 Å². The average molecular weight is 449 g/mol. The van der Waals surface area contributed by atoms with E-state index < -0.39 is 0 Å². The fourth-order valence-electron chi connectivity index (χ4n) is 3.69. The lowest BCUT2D eigenvalue weighted by atomic mass is 9.94. The largest absolute Gasteiger partial charge is 0.350 e. The van der Waals surface area contributed by atoms with Crippen LogP contribution >= 0.6 is 11.3 Å². The highest BCUT2D eigenvalue weighted by atomic mass is 32.1. The van der Waals surface area contributed by atoms with Crippen molar-refractivity contribution in [1.82, 2.24) is 30.2 Å². The number of nitrogens with one attached hydrogen (secondary N) is 2. The number of anilines is 2. The van der Waals surface area contributed by atoms with Gasteiger partial charge in [-0.25, -0.2) is 9.97 Å². The topological polar surface area (TPSA) is 120 Å². The summed E-state index contributed by atoms with van der Waals surface area (Å²) in [5, 5.41) is 17.4. The molecule has 4 heterocycles. The van der Waals surface area contributed by atoms with Gasteiger partial charge in [-0.1, -0.05) is 6.07 Å². The summed E-state index contributed by atoms with van der Waals surface area (Å²) >= 11 is 1.36. The Kier molecular flexibility index (Phi) is 7.32. The Morgan fingerprint density at radius 2 is 2.25 bits per heavy atom. The second-order valence-corrected chi connectivity index (χ2v) is 8.40. The minimum Gasteiger partial charge on any atom is -0.350 e. The van der Waals surface area contributed by atoms with E-state index >= 15 is 0 Å². The second kappa shape index (κ2) is 10.7. The van der Waals surface area contributed by atoms with Crippen molar-refractivity contribution in [2.45, 2.75) is 25.2 Å². The highest BCUT2D eigenvalue weighted by molar-refractivity contribution is 7.14. The van der Waals surface area contributed by atoms with E-state index in [9.17, 15) is 4.79 Å². The number of amides is 1. The molecule has 3 aromatic rings. The van der Waals surface area contributed by atoms with Crippen LogP contribution in [0.5, 0.6) is 0 Å². The summed E-state index contributed by atoms with van der Waals surface area (Å²) in [6.07, 6.45) is 7.68. The molecule has 1 atom stereocenters. The highest BCUT2D eigenvalue weighted by Crippen LogP contribution is 2.27. The smallest absolute Gasteiger partial charge is 0.270 e. The van der Waals surface area contributed by atoms with Gasteiger partial charge in [0.1, 0.15) is 11.5 Å². The van der Waals surface area contributed by atoms with Gasteiger partial charge in [0.25, 0.3) is 5.91 Å². The van der Waals surface area contributed by atoms with Gasteiger partial charge >= 0.3 is 0 Å². The number of thiazole rings is 1. The van der Waals surface area contributed by atoms with E-state index in [4.69, 9.17) is 10.2 Å². The van der Waals surface area contributed by atoms with Gasteiger partial charge < -0.3 is 10.6 Å². The molecule has 1 saturated heterocycles. The van der Waals surface area contributed by atoms with Crippen molar-refractivity contribution in [3.63, 3.8) is 0 Å². The molecule has 10 heteroatoms. The fraction of sp³-hybridized carbons (Fsp3) is 0.364. The molecule has 0 aromatic carbocycles. The van der Waals surface area contributed by atoms with Crippen molar-refractivity contribution in [2.24, 2.45) is 0 Å². The lowest BCUT2D eigenvalue weighted by Crippen LogP contribution is -2.34. The molecule has 9 nitrogen and oxygen atoms in total. The lowest BCUT2D eigenvalue weighted by Gasteiger charge is -2.30. The van der Waals surface area contributed by atoms with Gasteiger partial charge in [0.2, 0.25) is 0 Å². The summed E-state index contributed by atoms with van der Waals surface area (Å²) < 4.78 is 0. The first-order chi connectivity index (χ1) is 15.7. The van der Waals surface area contributed by atoms with Crippen molar-refractivity contribution in [1.29, 1.82) is 5.26 Å². The number of pyridine rings is 1. The summed E-state index contributed by atoms with van der Waals surface area (Å²) in [7, 11) is 0. The summed E-state index contributed by atoms with van der Waals surface area (Å²) in [5.41, 5.74) is 2.21. The molecular formula is C22H24N8OS. The van der Waals surface area contributed by atoms with Crippen LogP contribution in [0.3, 0.4) is 0 Å². The van der Waals surface area contributed by atoms with Crippen molar-refractivity contribution in [3.8, 4) is 6.07 Å². The van der Waals surface area contributed by atoms with Crippen molar-refractivity contribution in [3.05, 3.63) is 59.3 Å². The molecule has 2 N–H and O–H groups in total. The predicted molar refractivity (Wildman–Crippen MR) is 122 cm³/mol. The molecule has 3 aromatic heterocycles. The number of hydrogen-bond acceptors (Lipinski definition) is 9. The van der Waals surface area contributed by atoms with E-state index in [-0.39, 0.29) is 5.91 Å². The predicted octanol–water partition coefficient (Wildman–Crippen LogP) is 2.75.